The van der Waals surface area contributed by atoms with Crippen LogP contribution in [0.3, 0.4) is 0 Å². The van der Waals surface area contributed by atoms with E-state index in [1.54, 1.807) is 6.07 Å². The molecular weight excluding hydrogens is 251 g/mol. The second kappa shape index (κ2) is 5.34. The van der Waals surface area contributed by atoms with E-state index in [0.717, 1.165) is 30.5 Å². The largest absolute Gasteiger partial charge is 0.365 e. The molecule has 0 atom stereocenters. The maximum absolute atomic E-state index is 14.1. The molecule has 1 aliphatic rings. The maximum Gasteiger partial charge on any atom is 0.146 e. The lowest BCUT2D eigenvalue weighted by Gasteiger charge is -2.31. The van der Waals surface area contributed by atoms with Crippen molar-refractivity contribution in [3.63, 3.8) is 0 Å². The van der Waals surface area contributed by atoms with Crippen molar-refractivity contribution < 1.29 is 4.39 Å². The molecule has 20 heavy (non-hydrogen) atoms. The molecule has 0 N–H and O–H groups in total. The lowest BCUT2D eigenvalue weighted by Crippen LogP contribution is -2.30. The molecule has 1 aliphatic heterocycles. The molecule has 0 radical (unpaired) electrons. The zero-order valence-corrected chi connectivity index (χ0v) is 11.1. The number of nitrogens with zero attached hydrogens (tertiary/aromatic N) is 2. The first-order chi connectivity index (χ1) is 9.79. The Balaban J connectivity index is 1.96. The predicted molar refractivity (Wildman–Crippen MR) is 76.9 cm³/mol. The van der Waals surface area contributed by atoms with Gasteiger partial charge in [-0.15, -0.1) is 0 Å². The molecular formula is C17H15FN2. The summed E-state index contributed by atoms with van der Waals surface area (Å²) < 4.78 is 14.1. The minimum absolute atomic E-state index is 0.170. The van der Waals surface area contributed by atoms with Gasteiger partial charge in [0.05, 0.1) is 17.3 Å². The smallest absolute Gasteiger partial charge is 0.146 e. The summed E-state index contributed by atoms with van der Waals surface area (Å²) in [6.45, 7) is 1.41. The SMILES string of the molecule is N#Cc1ccccc1CN1CCCc2cccc(F)c21. The molecule has 3 heteroatoms. The monoisotopic (exact) mass is 266 g/mol. The first-order valence-electron chi connectivity index (χ1n) is 6.80. The van der Waals surface area contributed by atoms with Crippen molar-refractivity contribution in [2.75, 3.05) is 11.4 Å². The first-order valence-corrected chi connectivity index (χ1v) is 6.80. The van der Waals surface area contributed by atoms with E-state index in [4.69, 9.17) is 5.26 Å². The number of rotatable bonds is 2. The second-order valence-corrected chi connectivity index (χ2v) is 5.04. The lowest BCUT2D eigenvalue weighted by molar-refractivity contribution is 0.595. The van der Waals surface area contributed by atoms with Crippen molar-refractivity contribution in [2.45, 2.75) is 19.4 Å². The molecule has 0 bridgehead atoms. The van der Waals surface area contributed by atoms with E-state index in [-0.39, 0.29) is 5.82 Å². The Morgan fingerprint density at radius 2 is 2.00 bits per heavy atom. The van der Waals surface area contributed by atoms with Gasteiger partial charge in [0.25, 0.3) is 0 Å². The van der Waals surface area contributed by atoms with Gasteiger partial charge >= 0.3 is 0 Å². The van der Waals surface area contributed by atoms with Crippen LogP contribution in [0.2, 0.25) is 0 Å². The summed E-state index contributed by atoms with van der Waals surface area (Å²) in [4.78, 5) is 2.05. The van der Waals surface area contributed by atoms with Crippen molar-refractivity contribution in [1.82, 2.24) is 0 Å². The highest BCUT2D eigenvalue weighted by molar-refractivity contribution is 5.57. The maximum atomic E-state index is 14.1. The number of nitriles is 1. The Kier molecular flexibility index (Phi) is 3.39. The number of hydrogen-bond acceptors (Lipinski definition) is 2. The summed E-state index contributed by atoms with van der Waals surface area (Å²) in [7, 11) is 0. The number of aryl methyl sites for hydroxylation is 1. The molecule has 0 spiro atoms. The lowest BCUT2D eigenvalue weighted by atomic mass is 10.00. The van der Waals surface area contributed by atoms with Crippen LogP contribution in [0.4, 0.5) is 10.1 Å². The van der Waals surface area contributed by atoms with Crippen LogP contribution in [0, 0.1) is 17.1 Å². The van der Waals surface area contributed by atoms with Gasteiger partial charge in [0.15, 0.2) is 0 Å². The Hall–Kier alpha value is -2.34. The molecule has 0 amide bonds. The van der Waals surface area contributed by atoms with Crippen LogP contribution in [-0.4, -0.2) is 6.54 Å². The first kappa shape index (κ1) is 12.7. The van der Waals surface area contributed by atoms with Gasteiger partial charge in [0, 0.05) is 13.1 Å². The Labute approximate surface area is 118 Å². The quantitative estimate of drug-likeness (QED) is 0.829. The summed E-state index contributed by atoms with van der Waals surface area (Å²) in [6, 6.07) is 15.0. The van der Waals surface area contributed by atoms with Crippen LogP contribution in [0.25, 0.3) is 0 Å². The molecule has 100 valence electrons. The van der Waals surface area contributed by atoms with Gasteiger partial charge in [-0.3, -0.25) is 0 Å². The standard InChI is InChI=1S/C17H15FN2/c18-16-9-3-7-13-8-4-10-20(17(13)16)12-15-6-2-1-5-14(15)11-19/h1-3,5-7,9H,4,8,10,12H2. The summed E-state index contributed by atoms with van der Waals surface area (Å²) in [6.07, 6.45) is 1.94. The van der Waals surface area contributed by atoms with Crippen LogP contribution < -0.4 is 4.90 Å². The van der Waals surface area contributed by atoms with Crippen molar-refractivity contribution in [3.05, 3.63) is 65.0 Å². The van der Waals surface area contributed by atoms with E-state index < -0.39 is 0 Å². The predicted octanol–water partition coefficient (Wildman–Crippen LogP) is 3.65. The molecule has 0 saturated carbocycles. The average molecular weight is 266 g/mol. The fourth-order valence-corrected chi connectivity index (χ4v) is 2.82. The Morgan fingerprint density at radius 3 is 2.85 bits per heavy atom. The topological polar surface area (TPSA) is 27.0 Å². The third kappa shape index (κ3) is 2.25. The number of benzene rings is 2. The summed E-state index contributed by atoms with van der Waals surface area (Å²) >= 11 is 0. The number of hydrogen-bond donors (Lipinski definition) is 0. The van der Waals surface area contributed by atoms with Gasteiger partial charge in [0.1, 0.15) is 5.82 Å². The van der Waals surface area contributed by atoms with Crippen LogP contribution in [0.1, 0.15) is 23.1 Å². The number of anilines is 1. The van der Waals surface area contributed by atoms with Crippen molar-refractivity contribution in [2.24, 2.45) is 0 Å². The fraction of sp³-hybridized carbons (Fsp3) is 0.235. The molecule has 0 unspecified atom stereocenters. The molecule has 2 aromatic rings. The minimum atomic E-state index is -0.170. The molecule has 2 nitrogen and oxygen atoms in total. The fourth-order valence-electron chi connectivity index (χ4n) is 2.82. The minimum Gasteiger partial charge on any atom is -0.365 e. The van der Waals surface area contributed by atoms with Crippen LogP contribution in [-0.2, 0) is 13.0 Å². The van der Waals surface area contributed by atoms with Crippen LogP contribution in [0.5, 0.6) is 0 Å². The van der Waals surface area contributed by atoms with Gasteiger partial charge in [-0.2, -0.15) is 5.26 Å². The third-order valence-corrected chi connectivity index (χ3v) is 3.76. The summed E-state index contributed by atoms with van der Waals surface area (Å²) in [5.41, 5.74) is 3.37. The van der Waals surface area contributed by atoms with Gasteiger partial charge in [0.2, 0.25) is 0 Å². The summed E-state index contributed by atoms with van der Waals surface area (Å²) in [5.74, 6) is -0.170. The molecule has 0 fully saturated rings. The highest BCUT2D eigenvalue weighted by Gasteiger charge is 2.21. The van der Waals surface area contributed by atoms with Gasteiger partial charge < -0.3 is 4.90 Å². The number of halogens is 1. The van der Waals surface area contributed by atoms with E-state index >= 15 is 0 Å². The highest BCUT2D eigenvalue weighted by Crippen LogP contribution is 2.31. The normalized spacial score (nSPS) is 13.7. The van der Waals surface area contributed by atoms with E-state index in [1.165, 1.54) is 6.07 Å². The Bertz CT molecular complexity index is 673. The van der Waals surface area contributed by atoms with Gasteiger partial charge in [-0.25, -0.2) is 4.39 Å². The van der Waals surface area contributed by atoms with Crippen molar-refractivity contribution >= 4 is 5.69 Å². The zero-order chi connectivity index (χ0) is 13.9. The van der Waals surface area contributed by atoms with Gasteiger partial charge in [-0.1, -0.05) is 30.3 Å². The summed E-state index contributed by atoms with van der Waals surface area (Å²) in [5, 5.41) is 9.16. The van der Waals surface area contributed by atoms with E-state index in [0.29, 0.717) is 17.8 Å². The third-order valence-electron chi connectivity index (χ3n) is 3.76. The van der Waals surface area contributed by atoms with Gasteiger partial charge in [-0.05, 0) is 36.1 Å². The number of para-hydroxylation sites is 1. The van der Waals surface area contributed by atoms with Crippen molar-refractivity contribution in [3.8, 4) is 6.07 Å². The van der Waals surface area contributed by atoms with Crippen molar-refractivity contribution in [1.29, 1.82) is 5.26 Å². The van der Waals surface area contributed by atoms with E-state index in [9.17, 15) is 4.39 Å². The molecule has 2 aromatic carbocycles. The highest BCUT2D eigenvalue weighted by atomic mass is 19.1. The zero-order valence-electron chi connectivity index (χ0n) is 11.1. The molecule has 0 aromatic heterocycles. The molecule has 0 aliphatic carbocycles. The Morgan fingerprint density at radius 1 is 1.15 bits per heavy atom. The molecule has 3 rings (SSSR count). The average Bonchev–Trinajstić information content (AvgIpc) is 2.48. The number of fused-ring (bicyclic) bond motifs is 1. The molecule has 1 heterocycles. The van der Waals surface area contributed by atoms with Crippen LogP contribution in [0.15, 0.2) is 42.5 Å². The van der Waals surface area contributed by atoms with E-state index in [2.05, 4.69) is 6.07 Å². The van der Waals surface area contributed by atoms with Crippen LogP contribution >= 0.6 is 0 Å². The molecule has 0 saturated heterocycles. The van der Waals surface area contributed by atoms with E-state index in [1.807, 2.05) is 35.2 Å². The second-order valence-electron chi connectivity index (χ2n) is 5.04.